The summed E-state index contributed by atoms with van der Waals surface area (Å²) in [6.07, 6.45) is 15.1. The van der Waals surface area contributed by atoms with Crippen molar-refractivity contribution in [1.29, 1.82) is 0 Å². The van der Waals surface area contributed by atoms with Crippen molar-refractivity contribution in [3.8, 4) is 58.6 Å². The largest absolute Gasteiger partial charge is 0.514 e. The van der Waals surface area contributed by atoms with Crippen molar-refractivity contribution in [2.45, 2.75) is 184 Å². The predicted octanol–water partition coefficient (Wildman–Crippen LogP) is 21.3. The average molecular weight is 1300 g/mol. The number of hydrogen-bond acceptors (Lipinski definition) is 6. The van der Waals surface area contributed by atoms with E-state index in [-0.39, 0.29) is 6.10 Å². The van der Waals surface area contributed by atoms with Crippen LogP contribution in [0.1, 0.15) is 152 Å². The molecule has 0 radical (unpaired) electrons. The van der Waals surface area contributed by atoms with Crippen LogP contribution in [-0.2, 0) is 35.2 Å². The molecular weight excluding hydrogens is 1200 g/mol. The van der Waals surface area contributed by atoms with Crippen molar-refractivity contribution in [2.75, 3.05) is 0 Å². The molecule has 0 fully saturated rings. The minimum Gasteiger partial charge on any atom is -0.431 e. The molecule has 6 rings (SSSR count). The standard InChI is InChI=1S/C22H24O3.C14H20Si.C14H18.C10H11BrO3.C9H11Br.C5H10Si/c1-5-6-17-7-9-18(10-8-17)11-12-19-13-15-20(16-14-19)24-21(23)25-22(2,3)4;1-5-6-13-7-9-14(10-8-13)11-12-15(2,3)4;1-3-5-6-8-14-11-9-13(7-4-2)10-12-14;1-7(2)13-10(12)14-9-5-3-8(11)4-6-9;1-2-3-8-4-6-9(10)7-5-8;1-5-6(2,3)4/h7-10,13-16H,5-6H2,1-4H3;7-10H,5-6H2,1-4H3;9-12H,3-5,7H2,1-2H3;3-7H,1-2H3;4-7H,2-3H2,1H3;1H,2-4H3. The normalized spacial score (nSPS) is 10.2. The van der Waals surface area contributed by atoms with E-state index in [2.05, 4.69) is 231 Å². The molecular formula is C74H94Br2O6Si2. The number of hydrogen-bond donors (Lipinski definition) is 0. The van der Waals surface area contributed by atoms with Crippen molar-refractivity contribution in [3.63, 3.8) is 0 Å². The summed E-state index contributed by atoms with van der Waals surface area (Å²) >= 11 is 6.68. The first kappa shape index (κ1) is 75.5. The molecule has 0 N–H and O–H groups in total. The average Bonchev–Trinajstić information content (AvgIpc) is 3.43. The summed E-state index contributed by atoms with van der Waals surface area (Å²) < 4.78 is 22.1. The maximum atomic E-state index is 11.6. The molecule has 6 aromatic carbocycles. The van der Waals surface area contributed by atoms with E-state index in [0.29, 0.717) is 11.5 Å². The van der Waals surface area contributed by atoms with Crippen LogP contribution < -0.4 is 9.47 Å². The molecule has 0 unspecified atom stereocenters. The van der Waals surface area contributed by atoms with E-state index in [0.717, 1.165) is 56.9 Å². The van der Waals surface area contributed by atoms with Gasteiger partial charge < -0.3 is 18.9 Å². The number of unbranched alkanes of at least 4 members (excludes halogenated alkanes) is 1. The monoisotopic (exact) mass is 1290 g/mol. The Bertz CT molecular complexity index is 3020. The lowest BCUT2D eigenvalue weighted by atomic mass is 10.1. The van der Waals surface area contributed by atoms with E-state index >= 15 is 0 Å². The van der Waals surface area contributed by atoms with Crippen LogP contribution in [-0.4, -0.2) is 40.2 Å². The van der Waals surface area contributed by atoms with Gasteiger partial charge in [-0.2, -0.15) is 0 Å². The summed E-state index contributed by atoms with van der Waals surface area (Å²) in [6.45, 7) is 33.1. The summed E-state index contributed by atoms with van der Waals surface area (Å²) in [4.78, 5) is 22.7. The van der Waals surface area contributed by atoms with Gasteiger partial charge in [-0.1, -0.05) is 210 Å². The molecule has 0 aliphatic heterocycles. The van der Waals surface area contributed by atoms with Crippen molar-refractivity contribution < 1.29 is 28.5 Å². The van der Waals surface area contributed by atoms with Crippen LogP contribution in [0.5, 0.6) is 11.5 Å². The lowest BCUT2D eigenvalue weighted by Gasteiger charge is -2.18. The van der Waals surface area contributed by atoms with Gasteiger partial charge >= 0.3 is 12.3 Å². The van der Waals surface area contributed by atoms with Gasteiger partial charge in [0.25, 0.3) is 0 Å². The Morgan fingerprint density at radius 1 is 0.464 bits per heavy atom. The molecule has 0 amide bonds. The molecule has 0 spiro atoms. The highest BCUT2D eigenvalue weighted by molar-refractivity contribution is 9.10. The molecule has 0 atom stereocenters. The second-order valence-electron chi connectivity index (χ2n) is 23.0. The Morgan fingerprint density at radius 3 is 1.10 bits per heavy atom. The lowest BCUT2D eigenvalue weighted by Crippen LogP contribution is -2.25. The van der Waals surface area contributed by atoms with E-state index in [4.69, 9.17) is 25.4 Å². The van der Waals surface area contributed by atoms with Gasteiger partial charge in [-0.15, -0.1) is 17.5 Å². The summed E-state index contributed by atoms with van der Waals surface area (Å²) in [5.74, 6) is 16.7. The molecule has 6 aromatic rings. The second-order valence-corrected chi connectivity index (χ2v) is 34.3. The SMILES string of the molecule is C#C[Si](C)(C)C.CC(C)OC(=O)Oc1ccc(Br)cc1.CCCC#Cc1ccc(CCC)cc1.CCCc1ccc(Br)cc1.CCCc1ccc(C#C[Si](C)(C)C)cc1.CCCc1ccc(C#Cc2ccc(OC(=O)OC(C)(C)C)cc2)cc1. The maximum absolute atomic E-state index is 11.6. The Labute approximate surface area is 527 Å². The van der Waals surface area contributed by atoms with Gasteiger partial charge in [-0.3, -0.25) is 0 Å². The van der Waals surface area contributed by atoms with Crippen LogP contribution in [0.15, 0.2) is 155 Å². The van der Waals surface area contributed by atoms with Gasteiger partial charge in [0.05, 0.1) is 6.10 Å². The minimum absolute atomic E-state index is 0.169. The number of benzene rings is 6. The number of rotatable bonds is 12. The van der Waals surface area contributed by atoms with Crippen molar-refractivity contribution in [1.82, 2.24) is 0 Å². The maximum Gasteiger partial charge on any atom is 0.514 e. The third-order valence-electron chi connectivity index (χ3n) is 10.7. The Balaban J connectivity index is 0.000000528. The smallest absolute Gasteiger partial charge is 0.431 e. The number of aryl methyl sites for hydroxylation is 4. The van der Waals surface area contributed by atoms with Gasteiger partial charge in [-0.05, 0) is 186 Å². The highest BCUT2D eigenvalue weighted by Crippen LogP contribution is 2.18. The van der Waals surface area contributed by atoms with Crippen LogP contribution in [0.25, 0.3) is 0 Å². The number of halogens is 2. The predicted molar refractivity (Wildman–Crippen MR) is 369 cm³/mol. The number of ether oxygens (including phenoxy) is 4. The Hall–Kier alpha value is -6.51. The molecule has 448 valence electrons. The summed E-state index contributed by atoms with van der Waals surface area (Å²) in [5, 5.41) is 0. The Morgan fingerprint density at radius 2 is 0.774 bits per heavy atom. The Kier molecular flexibility index (Phi) is 38.0. The highest BCUT2D eigenvalue weighted by atomic mass is 79.9. The van der Waals surface area contributed by atoms with Crippen molar-refractivity contribution in [3.05, 3.63) is 199 Å². The topological polar surface area (TPSA) is 71.1 Å². The van der Waals surface area contributed by atoms with Gasteiger partial charge in [0.2, 0.25) is 0 Å². The molecule has 0 aromatic heterocycles. The van der Waals surface area contributed by atoms with Gasteiger partial charge in [0.15, 0.2) is 0 Å². The molecule has 0 saturated heterocycles. The lowest BCUT2D eigenvalue weighted by molar-refractivity contribution is 0.0206. The fourth-order valence-corrected chi connectivity index (χ4v) is 7.60. The van der Waals surface area contributed by atoms with Crippen molar-refractivity contribution >= 4 is 60.3 Å². The first-order valence-electron chi connectivity index (χ1n) is 29.4. The molecule has 84 heavy (non-hydrogen) atoms. The van der Waals surface area contributed by atoms with Crippen LogP contribution in [0.2, 0.25) is 39.3 Å². The molecule has 0 aliphatic rings. The third-order valence-corrected chi connectivity index (χ3v) is 13.5. The van der Waals surface area contributed by atoms with Gasteiger partial charge in [0, 0.05) is 37.6 Å². The van der Waals surface area contributed by atoms with Gasteiger partial charge in [0.1, 0.15) is 33.2 Å². The first-order valence-corrected chi connectivity index (χ1v) is 38.0. The quantitative estimate of drug-likeness (QED) is 0.0526. The van der Waals surface area contributed by atoms with Crippen LogP contribution in [0, 0.1) is 47.1 Å². The molecule has 0 saturated carbocycles. The molecule has 6 nitrogen and oxygen atoms in total. The first-order chi connectivity index (χ1) is 39.7. The zero-order valence-corrected chi connectivity index (χ0v) is 58.5. The number of terminal acetylenes is 1. The summed E-state index contributed by atoms with van der Waals surface area (Å²) in [5.41, 5.74) is 15.2. The highest BCUT2D eigenvalue weighted by Gasteiger charge is 2.18. The third kappa shape index (κ3) is 40.7. The van der Waals surface area contributed by atoms with Crippen LogP contribution in [0.4, 0.5) is 9.59 Å². The van der Waals surface area contributed by atoms with E-state index < -0.39 is 34.1 Å². The molecule has 10 heteroatoms. The fraction of sp³-hybridized carbons (Fsp3) is 0.378. The summed E-state index contributed by atoms with van der Waals surface area (Å²) in [7, 11) is -2.33. The van der Waals surface area contributed by atoms with E-state index in [1.54, 1.807) is 71.0 Å². The van der Waals surface area contributed by atoms with E-state index in [1.807, 2.05) is 24.3 Å². The molecule has 0 heterocycles. The molecule has 0 bridgehead atoms. The second kappa shape index (κ2) is 42.3. The molecule has 0 aliphatic carbocycles. The van der Waals surface area contributed by atoms with Gasteiger partial charge in [-0.25, -0.2) is 9.59 Å². The number of carbonyl (C=O) groups excluding carboxylic acids is 2. The van der Waals surface area contributed by atoms with E-state index in [9.17, 15) is 9.59 Å². The fourth-order valence-electron chi connectivity index (χ4n) is 6.55. The zero-order chi connectivity index (χ0) is 63.0. The minimum atomic E-state index is -1.23. The summed E-state index contributed by atoms with van der Waals surface area (Å²) in [6, 6.07) is 48.1. The zero-order valence-electron chi connectivity index (χ0n) is 53.3. The van der Waals surface area contributed by atoms with Crippen molar-refractivity contribution in [2.24, 2.45) is 0 Å². The number of carbonyl (C=O) groups is 2. The van der Waals surface area contributed by atoms with Crippen LogP contribution >= 0.6 is 31.9 Å². The van der Waals surface area contributed by atoms with E-state index in [1.165, 1.54) is 60.8 Å². The van der Waals surface area contributed by atoms with Crippen LogP contribution in [0.3, 0.4) is 0 Å².